The fraction of sp³-hybridized carbons (Fsp3) is 0.500. The van der Waals surface area contributed by atoms with Crippen LogP contribution >= 0.6 is 0 Å². The van der Waals surface area contributed by atoms with Gasteiger partial charge in [-0.25, -0.2) is 0 Å². The number of carbonyl (C=O) groups excluding carboxylic acids is 2. The van der Waals surface area contributed by atoms with E-state index in [-0.39, 0.29) is 17.7 Å². The standard InChI is InChI=1S/C16H23N3O3/c1-11(10-17-2)16(21)18-12-6-7-13(14(9-12)22-3)19-8-4-5-15(19)20/h6-7,9,11,17H,4-5,8,10H2,1-3H3,(H,18,21). The lowest BCUT2D eigenvalue weighted by Gasteiger charge is -2.20. The quantitative estimate of drug-likeness (QED) is 0.838. The molecule has 1 atom stereocenters. The molecule has 1 heterocycles. The molecule has 1 saturated heterocycles. The molecular formula is C16H23N3O3. The fourth-order valence-electron chi connectivity index (χ4n) is 2.55. The van der Waals surface area contributed by atoms with E-state index in [1.165, 1.54) is 0 Å². The first kappa shape index (κ1) is 16.3. The zero-order valence-corrected chi connectivity index (χ0v) is 13.3. The van der Waals surface area contributed by atoms with Crippen molar-refractivity contribution in [2.45, 2.75) is 19.8 Å². The molecule has 6 heteroatoms. The summed E-state index contributed by atoms with van der Waals surface area (Å²) in [6.45, 7) is 3.18. The number of methoxy groups -OCH3 is 1. The van der Waals surface area contributed by atoms with Crippen LogP contribution in [0.2, 0.25) is 0 Å². The minimum Gasteiger partial charge on any atom is -0.494 e. The number of hydrogen-bond donors (Lipinski definition) is 2. The molecule has 0 bridgehead atoms. The van der Waals surface area contributed by atoms with Crippen LogP contribution in [0.15, 0.2) is 18.2 Å². The summed E-state index contributed by atoms with van der Waals surface area (Å²) in [7, 11) is 3.38. The number of ether oxygens (including phenoxy) is 1. The van der Waals surface area contributed by atoms with Crippen LogP contribution in [0.25, 0.3) is 0 Å². The summed E-state index contributed by atoms with van der Waals surface area (Å²) in [6, 6.07) is 5.37. The zero-order valence-electron chi connectivity index (χ0n) is 13.3. The highest BCUT2D eigenvalue weighted by molar-refractivity contribution is 5.98. The molecule has 2 N–H and O–H groups in total. The predicted octanol–water partition coefficient (Wildman–Crippen LogP) is 1.62. The van der Waals surface area contributed by atoms with Crippen molar-refractivity contribution in [3.8, 4) is 5.75 Å². The summed E-state index contributed by atoms with van der Waals surface area (Å²) in [6.07, 6.45) is 1.44. The second-order valence-corrected chi connectivity index (χ2v) is 5.48. The third-order valence-electron chi connectivity index (χ3n) is 3.77. The average molecular weight is 305 g/mol. The summed E-state index contributed by atoms with van der Waals surface area (Å²) in [5.74, 6) is 0.518. The summed E-state index contributed by atoms with van der Waals surface area (Å²) < 4.78 is 5.38. The number of hydrogen-bond acceptors (Lipinski definition) is 4. The van der Waals surface area contributed by atoms with E-state index in [1.807, 2.05) is 20.0 Å². The second-order valence-electron chi connectivity index (χ2n) is 5.48. The molecule has 2 amide bonds. The van der Waals surface area contributed by atoms with Gasteiger partial charge in [-0.3, -0.25) is 9.59 Å². The van der Waals surface area contributed by atoms with E-state index in [4.69, 9.17) is 4.74 Å². The van der Waals surface area contributed by atoms with Gasteiger partial charge in [0, 0.05) is 37.2 Å². The van der Waals surface area contributed by atoms with Crippen molar-refractivity contribution in [1.82, 2.24) is 5.32 Å². The van der Waals surface area contributed by atoms with Gasteiger partial charge in [0.15, 0.2) is 0 Å². The molecule has 0 saturated carbocycles. The fourth-order valence-corrected chi connectivity index (χ4v) is 2.55. The Hall–Kier alpha value is -2.08. The number of benzene rings is 1. The van der Waals surface area contributed by atoms with Gasteiger partial charge in [0.2, 0.25) is 11.8 Å². The summed E-state index contributed by atoms with van der Waals surface area (Å²) in [4.78, 5) is 25.6. The molecule has 0 aliphatic carbocycles. The van der Waals surface area contributed by atoms with Crippen LogP contribution in [0, 0.1) is 5.92 Å². The highest BCUT2D eigenvalue weighted by atomic mass is 16.5. The van der Waals surface area contributed by atoms with Crippen molar-refractivity contribution < 1.29 is 14.3 Å². The first-order valence-electron chi connectivity index (χ1n) is 7.50. The molecule has 22 heavy (non-hydrogen) atoms. The van der Waals surface area contributed by atoms with Crippen LogP contribution in [-0.4, -0.2) is 39.1 Å². The largest absolute Gasteiger partial charge is 0.494 e. The lowest BCUT2D eigenvalue weighted by Crippen LogP contribution is -2.28. The Morgan fingerprint density at radius 1 is 1.45 bits per heavy atom. The Labute approximate surface area is 130 Å². The van der Waals surface area contributed by atoms with Gasteiger partial charge >= 0.3 is 0 Å². The number of amides is 2. The summed E-state index contributed by atoms with van der Waals surface area (Å²) >= 11 is 0. The molecular weight excluding hydrogens is 282 g/mol. The molecule has 0 radical (unpaired) electrons. The SMILES string of the molecule is CNCC(C)C(=O)Nc1ccc(N2CCCC2=O)c(OC)c1. The van der Waals surface area contributed by atoms with Crippen LogP contribution in [0.1, 0.15) is 19.8 Å². The van der Waals surface area contributed by atoms with E-state index in [0.717, 1.165) is 12.1 Å². The van der Waals surface area contributed by atoms with E-state index in [9.17, 15) is 9.59 Å². The third-order valence-corrected chi connectivity index (χ3v) is 3.77. The van der Waals surface area contributed by atoms with Crippen molar-refractivity contribution >= 4 is 23.2 Å². The van der Waals surface area contributed by atoms with Gasteiger partial charge < -0.3 is 20.3 Å². The summed E-state index contributed by atoms with van der Waals surface area (Å²) in [5.41, 5.74) is 1.42. The smallest absolute Gasteiger partial charge is 0.228 e. The Morgan fingerprint density at radius 2 is 2.23 bits per heavy atom. The monoisotopic (exact) mass is 305 g/mol. The summed E-state index contributed by atoms with van der Waals surface area (Å²) in [5, 5.41) is 5.85. The van der Waals surface area contributed by atoms with Gasteiger partial charge in [0.05, 0.1) is 12.8 Å². The molecule has 1 unspecified atom stereocenters. The lowest BCUT2D eigenvalue weighted by molar-refractivity contribution is -0.119. The van der Waals surface area contributed by atoms with Crippen molar-refractivity contribution in [3.05, 3.63) is 18.2 Å². The Morgan fingerprint density at radius 3 is 2.82 bits per heavy atom. The molecule has 120 valence electrons. The third kappa shape index (κ3) is 3.57. The first-order valence-corrected chi connectivity index (χ1v) is 7.50. The van der Waals surface area contributed by atoms with Crippen LogP contribution < -0.4 is 20.3 Å². The predicted molar refractivity (Wildman–Crippen MR) is 86.3 cm³/mol. The highest BCUT2D eigenvalue weighted by Gasteiger charge is 2.24. The Balaban J connectivity index is 2.15. The van der Waals surface area contributed by atoms with E-state index in [1.54, 1.807) is 24.1 Å². The van der Waals surface area contributed by atoms with Crippen LogP contribution in [0.5, 0.6) is 5.75 Å². The van der Waals surface area contributed by atoms with E-state index in [0.29, 0.717) is 30.9 Å². The minimum atomic E-state index is -0.129. The van der Waals surface area contributed by atoms with Crippen molar-refractivity contribution in [2.24, 2.45) is 5.92 Å². The maximum atomic E-state index is 12.0. The van der Waals surface area contributed by atoms with Crippen LogP contribution in [0.3, 0.4) is 0 Å². The Kier molecular flexibility index (Phi) is 5.38. The normalized spacial score (nSPS) is 15.8. The van der Waals surface area contributed by atoms with Gasteiger partial charge in [-0.1, -0.05) is 6.92 Å². The van der Waals surface area contributed by atoms with E-state index in [2.05, 4.69) is 10.6 Å². The second kappa shape index (κ2) is 7.26. The van der Waals surface area contributed by atoms with Gasteiger partial charge in [0.1, 0.15) is 5.75 Å². The molecule has 6 nitrogen and oxygen atoms in total. The maximum Gasteiger partial charge on any atom is 0.228 e. The van der Waals surface area contributed by atoms with Crippen LogP contribution in [-0.2, 0) is 9.59 Å². The lowest BCUT2D eigenvalue weighted by atomic mass is 10.1. The van der Waals surface area contributed by atoms with E-state index < -0.39 is 0 Å². The number of carbonyl (C=O) groups is 2. The maximum absolute atomic E-state index is 12.0. The van der Waals surface area contributed by atoms with Crippen molar-refractivity contribution in [2.75, 3.05) is 37.5 Å². The number of nitrogens with one attached hydrogen (secondary N) is 2. The van der Waals surface area contributed by atoms with Crippen LogP contribution in [0.4, 0.5) is 11.4 Å². The molecule has 1 aliphatic heterocycles. The van der Waals surface area contributed by atoms with Crippen molar-refractivity contribution in [3.63, 3.8) is 0 Å². The number of nitrogens with zero attached hydrogens (tertiary/aromatic N) is 1. The van der Waals surface area contributed by atoms with Crippen molar-refractivity contribution in [1.29, 1.82) is 0 Å². The van der Waals surface area contributed by atoms with E-state index >= 15 is 0 Å². The highest BCUT2D eigenvalue weighted by Crippen LogP contribution is 2.33. The zero-order chi connectivity index (χ0) is 16.1. The van der Waals surface area contributed by atoms with Gasteiger partial charge in [-0.15, -0.1) is 0 Å². The van der Waals surface area contributed by atoms with Gasteiger partial charge in [-0.2, -0.15) is 0 Å². The number of rotatable bonds is 6. The topological polar surface area (TPSA) is 70.7 Å². The first-order chi connectivity index (χ1) is 10.6. The number of anilines is 2. The minimum absolute atomic E-state index is 0.0543. The molecule has 1 aromatic carbocycles. The molecule has 1 fully saturated rings. The Bertz CT molecular complexity index is 560. The molecule has 2 rings (SSSR count). The average Bonchev–Trinajstić information content (AvgIpc) is 2.93. The van der Waals surface area contributed by atoms with Gasteiger partial charge in [0.25, 0.3) is 0 Å². The molecule has 0 aromatic heterocycles. The van der Waals surface area contributed by atoms with Gasteiger partial charge in [-0.05, 0) is 25.6 Å². The molecule has 1 aliphatic rings. The molecule has 1 aromatic rings. The molecule has 0 spiro atoms.